The fraction of sp³-hybridized carbons (Fsp3) is 0.118. The van der Waals surface area contributed by atoms with Crippen molar-refractivity contribution in [2.45, 2.75) is 13.0 Å². The molecule has 0 spiro atoms. The molecule has 0 amide bonds. The van der Waals surface area contributed by atoms with Gasteiger partial charge in [0.15, 0.2) is 5.82 Å². The second-order valence-electron chi connectivity index (χ2n) is 5.24. The Morgan fingerprint density at radius 1 is 0.917 bits per heavy atom. The van der Waals surface area contributed by atoms with Crippen LogP contribution in [0.2, 0.25) is 0 Å². The summed E-state index contributed by atoms with van der Waals surface area (Å²) in [5.74, 6) is 1.18. The van der Waals surface area contributed by atoms with E-state index in [4.69, 9.17) is 5.73 Å². The number of aromatic nitrogens is 3. The molecule has 0 aliphatic carbocycles. The van der Waals surface area contributed by atoms with E-state index in [9.17, 15) is 0 Å². The van der Waals surface area contributed by atoms with Gasteiger partial charge >= 0.3 is 0 Å². The van der Waals surface area contributed by atoms with Crippen LogP contribution >= 0.6 is 15.9 Å². The van der Waals surface area contributed by atoms with Crippen LogP contribution in [0.5, 0.6) is 0 Å². The number of halogens is 1. The highest BCUT2D eigenvalue weighted by Crippen LogP contribution is 2.21. The molecule has 6 nitrogen and oxygen atoms in total. The molecule has 3 rings (SSSR count). The van der Waals surface area contributed by atoms with Crippen molar-refractivity contribution in [2.75, 3.05) is 16.4 Å². The number of hydrogen-bond donors (Lipinski definition) is 3. The SMILES string of the molecule is C[C@H](Nc1ccc(Br)cc1)c1nc(N)nc(Nc2ccccc2)n1. The third kappa shape index (κ3) is 4.20. The van der Waals surface area contributed by atoms with Gasteiger partial charge in [0, 0.05) is 15.8 Å². The van der Waals surface area contributed by atoms with Gasteiger partial charge in [0.25, 0.3) is 0 Å². The van der Waals surface area contributed by atoms with E-state index in [1.807, 2.05) is 61.5 Å². The average Bonchev–Trinajstić information content (AvgIpc) is 2.57. The third-order valence-electron chi connectivity index (χ3n) is 3.31. The number of benzene rings is 2. The van der Waals surface area contributed by atoms with E-state index in [0.717, 1.165) is 15.8 Å². The minimum absolute atomic E-state index is 0.118. The van der Waals surface area contributed by atoms with Crippen molar-refractivity contribution in [2.24, 2.45) is 0 Å². The van der Waals surface area contributed by atoms with Gasteiger partial charge in [-0.15, -0.1) is 0 Å². The van der Waals surface area contributed by atoms with Gasteiger partial charge in [0.05, 0.1) is 6.04 Å². The standard InChI is InChI=1S/C17H17BrN6/c1-11(20-14-9-7-12(18)8-10-14)15-22-16(19)24-17(23-15)21-13-5-3-2-4-6-13/h2-11,20H,1H3,(H3,19,21,22,23,24)/t11-/m0/s1. The molecule has 4 N–H and O–H groups in total. The molecule has 0 unspecified atom stereocenters. The van der Waals surface area contributed by atoms with Gasteiger partial charge in [-0.05, 0) is 43.3 Å². The molecule has 0 aliphatic heterocycles. The second kappa shape index (κ2) is 7.27. The monoisotopic (exact) mass is 384 g/mol. The van der Waals surface area contributed by atoms with Crippen LogP contribution in [-0.2, 0) is 0 Å². The quantitative estimate of drug-likeness (QED) is 0.612. The summed E-state index contributed by atoms with van der Waals surface area (Å²) in [6, 6.07) is 17.5. The maximum Gasteiger partial charge on any atom is 0.232 e. The summed E-state index contributed by atoms with van der Waals surface area (Å²) in [7, 11) is 0. The van der Waals surface area contributed by atoms with E-state index in [-0.39, 0.29) is 12.0 Å². The van der Waals surface area contributed by atoms with E-state index in [2.05, 4.69) is 41.5 Å². The van der Waals surface area contributed by atoms with Gasteiger partial charge < -0.3 is 16.4 Å². The first-order valence-electron chi connectivity index (χ1n) is 7.46. The fourth-order valence-electron chi connectivity index (χ4n) is 2.17. The van der Waals surface area contributed by atoms with E-state index < -0.39 is 0 Å². The minimum Gasteiger partial charge on any atom is -0.375 e. The minimum atomic E-state index is -0.118. The van der Waals surface area contributed by atoms with Crippen molar-refractivity contribution >= 4 is 39.2 Å². The van der Waals surface area contributed by atoms with Gasteiger partial charge in [0.2, 0.25) is 11.9 Å². The van der Waals surface area contributed by atoms with E-state index >= 15 is 0 Å². The van der Waals surface area contributed by atoms with Crippen molar-refractivity contribution in [3.63, 3.8) is 0 Å². The molecule has 0 aliphatic rings. The predicted molar refractivity (Wildman–Crippen MR) is 100 cm³/mol. The van der Waals surface area contributed by atoms with Crippen LogP contribution < -0.4 is 16.4 Å². The van der Waals surface area contributed by atoms with Crippen LogP contribution in [0.15, 0.2) is 59.1 Å². The third-order valence-corrected chi connectivity index (χ3v) is 3.84. The Morgan fingerprint density at radius 3 is 2.33 bits per heavy atom. The molecule has 0 saturated carbocycles. The lowest BCUT2D eigenvalue weighted by atomic mass is 10.2. The summed E-state index contributed by atoms with van der Waals surface area (Å²) in [6.07, 6.45) is 0. The molecule has 1 heterocycles. The Hall–Kier alpha value is -2.67. The molecule has 0 bridgehead atoms. The zero-order valence-electron chi connectivity index (χ0n) is 13.1. The van der Waals surface area contributed by atoms with Crippen molar-refractivity contribution in [3.8, 4) is 0 Å². The summed E-state index contributed by atoms with van der Waals surface area (Å²) < 4.78 is 1.03. The molecule has 7 heteroatoms. The predicted octanol–water partition coefficient (Wildman–Crippen LogP) is 4.13. The average molecular weight is 385 g/mol. The van der Waals surface area contributed by atoms with E-state index in [1.165, 1.54) is 0 Å². The highest BCUT2D eigenvalue weighted by molar-refractivity contribution is 9.10. The Kier molecular flexibility index (Phi) is 4.90. The van der Waals surface area contributed by atoms with Gasteiger partial charge in [-0.3, -0.25) is 0 Å². The van der Waals surface area contributed by atoms with Gasteiger partial charge in [-0.2, -0.15) is 15.0 Å². The number of nitrogens with one attached hydrogen (secondary N) is 2. The summed E-state index contributed by atoms with van der Waals surface area (Å²) in [5.41, 5.74) is 7.69. The number of nitrogen functional groups attached to an aromatic ring is 1. The van der Waals surface area contributed by atoms with Crippen molar-refractivity contribution in [1.82, 2.24) is 15.0 Å². The van der Waals surface area contributed by atoms with Gasteiger partial charge in [-0.1, -0.05) is 34.1 Å². The lowest BCUT2D eigenvalue weighted by Crippen LogP contribution is -2.14. The summed E-state index contributed by atoms with van der Waals surface area (Å²) in [5, 5.41) is 6.48. The summed E-state index contributed by atoms with van der Waals surface area (Å²) in [6.45, 7) is 1.98. The summed E-state index contributed by atoms with van der Waals surface area (Å²) >= 11 is 3.42. The molecular weight excluding hydrogens is 368 g/mol. The van der Waals surface area contributed by atoms with Crippen molar-refractivity contribution in [1.29, 1.82) is 0 Å². The Labute approximate surface area is 148 Å². The normalized spacial score (nSPS) is 11.8. The maximum atomic E-state index is 5.83. The maximum absolute atomic E-state index is 5.83. The van der Waals surface area contributed by atoms with Crippen LogP contribution in [0.4, 0.5) is 23.3 Å². The zero-order valence-corrected chi connectivity index (χ0v) is 14.7. The lowest BCUT2D eigenvalue weighted by Gasteiger charge is -2.15. The molecule has 0 radical (unpaired) electrons. The first-order chi connectivity index (χ1) is 11.6. The van der Waals surface area contributed by atoms with Crippen LogP contribution in [0, 0.1) is 0 Å². The lowest BCUT2D eigenvalue weighted by molar-refractivity contribution is 0.781. The van der Waals surface area contributed by atoms with Crippen LogP contribution in [0.1, 0.15) is 18.8 Å². The molecule has 0 saturated heterocycles. The molecule has 1 aromatic heterocycles. The number of hydrogen-bond acceptors (Lipinski definition) is 6. The number of para-hydroxylation sites is 1. The van der Waals surface area contributed by atoms with Crippen molar-refractivity contribution in [3.05, 3.63) is 64.9 Å². The first-order valence-corrected chi connectivity index (χ1v) is 8.25. The molecule has 24 heavy (non-hydrogen) atoms. The Balaban J connectivity index is 1.78. The molecule has 0 fully saturated rings. The smallest absolute Gasteiger partial charge is 0.232 e. The molecule has 3 aromatic rings. The number of anilines is 4. The second-order valence-corrected chi connectivity index (χ2v) is 6.16. The molecule has 1 atom stereocenters. The molecule has 122 valence electrons. The van der Waals surface area contributed by atoms with Crippen LogP contribution in [0.25, 0.3) is 0 Å². The largest absolute Gasteiger partial charge is 0.375 e. The van der Waals surface area contributed by atoms with Crippen molar-refractivity contribution < 1.29 is 0 Å². The number of nitrogens with two attached hydrogens (primary N) is 1. The fourth-order valence-corrected chi connectivity index (χ4v) is 2.43. The zero-order chi connectivity index (χ0) is 16.9. The van der Waals surface area contributed by atoms with Gasteiger partial charge in [-0.25, -0.2) is 0 Å². The molecule has 2 aromatic carbocycles. The van der Waals surface area contributed by atoms with E-state index in [1.54, 1.807) is 0 Å². The highest BCUT2D eigenvalue weighted by Gasteiger charge is 2.12. The number of nitrogens with zero attached hydrogens (tertiary/aromatic N) is 3. The Bertz CT molecular complexity index is 807. The molecular formula is C17H17BrN6. The van der Waals surface area contributed by atoms with Crippen LogP contribution in [-0.4, -0.2) is 15.0 Å². The Morgan fingerprint density at radius 2 is 1.62 bits per heavy atom. The summed E-state index contributed by atoms with van der Waals surface area (Å²) in [4.78, 5) is 12.8. The van der Waals surface area contributed by atoms with Crippen LogP contribution in [0.3, 0.4) is 0 Å². The highest BCUT2D eigenvalue weighted by atomic mass is 79.9. The van der Waals surface area contributed by atoms with Gasteiger partial charge in [0.1, 0.15) is 0 Å². The first kappa shape index (κ1) is 16.2. The van der Waals surface area contributed by atoms with E-state index in [0.29, 0.717) is 11.8 Å². The topological polar surface area (TPSA) is 88.8 Å². The number of rotatable bonds is 5.